The minimum Gasteiger partial charge on any atom is -0.374 e. The van der Waals surface area contributed by atoms with Gasteiger partial charge in [-0.3, -0.25) is 0 Å². The predicted molar refractivity (Wildman–Crippen MR) is 50.9 cm³/mol. The molecular weight excluding hydrogens is 148 g/mol. The molecule has 0 amide bonds. The molecule has 0 unspecified atom stereocenters. The van der Waals surface area contributed by atoms with Crippen LogP contribution in [0.25, 0.3) is 0 Å². The van der Waals surface area contributed by atoms with E-state index in [1.165, 1.54) is 5.56 Å². The van der Waals surface area contributed by atoms with E-state index in [1.807, 2.05) is 38.1 Å². The lowest BCUT2D eigenvalue weighted by Crippen LogP contribution is -2.19. The molecular formula is C11H15O. The van der Waals surface area contributed by atoms with Gasteiger partial charge in [0.1, 0.15) is 0 Å². The average molecular weight is 163 g/mol. The van der Waals surface area contributed by atoms with E-state index in [0.717, 1.165) is 5.56 Å². The molecule has 1 aromatic rings. The van der Waals surface area contributed by atoms with Crippen molar-refractivity contribution in [1.29, 1.82) is 0 Å². The van der Waals surface area contributed by atoms with E-state index in [9.17, 15) is 0 Å². The van der Waals surface area contributed by atoms with Gasteiger partial charge in [-0.2, -0.15) is 0 Å². The highest BCUT2D eigenvalue weighted by atomic mass is 16.5. The third-order valence-corrected chi connectivity index (χ3v) is 2.16. The molecule has 0 spiro atoms. The van der Waals surface area contributed by atoms with Crippen molar-refractivity contribution < 1.29 is 4.74 Å². The van der Waals surface area contributed by atoms with Crippen LogP contribution >= 0.6 is 0 Å². The Morgan fingerprint density at radius 1 is 1.17 bits per heavy atom. The fraction of sp³-hybridized carbons (Fsp3) is 0.364. The highest BCUT2D eigenvalue weighted by Gasteiger charge is 2.18. The van der Waals surface area contributed by atoms with Crippen LogP contribution in [0.4, 0.5) is 0 Å². The fourth-order valence-corrected chi connectivity index (χ4v) is 1.02. The number of hydrogen-bond donors (Lipinski definition) is 0. The Balaban J connectivity index is 2.96. The highest BCUT2D eigenvalue weighted by Crippen LogP contribution is 2.23. The van der Waals surface area contributed by atoms with Gasteiger partial charge in [-0.1, -0.05) is 24.3 Å². The van der Waals surface area contributed by atoms with Crippen LogP contribution in [0.2, 0.25) is 0 Å². The largest absolute Gasteiger partial charge is 0.374 e. The predicted octanol–water partition coefficient (Wildman–Crippen LogP) is 2.75. The lowest BCUT2D eigenvalue weighted by atomic mass is 9.97. The third-order valence-electron chi connectivity index (χ3n) is 2.16. The van der Waals surface area contributed by atoms with E-state index in [4.69, 9.17) is 4.74 Å². The van der Waals surface area contributed by atoms with Crippen LogP contribution in [0.5, 0.6) is 0 Å². The zero-order valence-electron chi connectivity index (χ0n) is 7.92. The second-order valence-corrected chi connectivity index (χ2v) is 3.41. The summed E-state index contributed by atoms with van der Waals surface area (Å²) >= 11 is 0. The van der Waals surface area contributed by atoms with Gasteiger partial charge in [0, 0.05) is 7.11 Å². The quantitative estimate of drug-likeness (QED) is 0.651. The highest BCUT2D eigenvalue weighted by molar-refractivity contribution is 5.27. The Bertz CT molecular complexity index is 246. The minimum absolute atomic E-state index is 0.201. The zero-order valence-corrected chi connectivity index (χ0v) is 7.92. The SMILES string of the molecule is [CH2]c1ccc(C(C)(C)OC)cc1. The first-order valence-corrected chi connectivity index (χ1v) is 4.04. The van der Waals surface area contributed by atoms with Crippen LogP contribution < -0.4 is 0 Å². The first-order valence-electron chi connectivity index (χ1n) is 4.04. The summed E-state index contributed by atoms with van der Waals surface area (Å²) in [7, 11) is 1.72. The fourth-order valence-electron chi connectivity index (χ4n) is 1.02. The van der Waals surface area contributed by atoms with Crippen LogP contribution in [0.3, 0.4) is 0 Å². The molecule has 0 bridgehead atoms. The van der Waals surface area contributed by atoms with Gasteiger partial charge in [0.05, 0.1) is 5.60 Å². The molecule has 0 aliphatic carbocycles. The number of methoxy groups -OCH3 is 1. The van der Waals surface area contributed by atoms with Gasteiger partial charge in [-0.15, -0.1) is 0 Å². The lowest BCUT2D eigenvalue weighted by molar-refractivity contribution is 0.0192. The van der Waals surface area contributed by atoms with E-state index in [0.29, 0.717) is 0 Å². The Kier molecular flexibility index (Phi) is 2.53. The Morgan fingerprint density at radius 3 is 2.08 bits per heavy atom. The molecule has 0 aliphatic heterocycles. The van der Waals surface area contributed by atoms with E-state index in [-0.39, 0.29) is 5.60 Å². The first kappa shape index (κ1) is 9.27. The van der Waals surface area contributed by atoms with Crippen molar-refractivity contribution in [3.63, 3.8) is 0 Å². The maximum Gasteiger partial charge on any atom is 0.0871 e. The van der Waals surface area contributed by atoms with Crippen molar-refractivity contribution in [3.05, 3.63) is 42.3 Å². The molecule has 0 aliphatic rings. The smallest absolute Gasteiger partial charge is 0.0871 e. The summed E-state index contributed by atoms with van der Waals surface area (Å²) in [6, 6.07) is 8.09. The zero-order chi connectivity index (χ0) is 9.19. The Morgan fingerprint density at radius 2 is 1.67 bits per heavy atom. The summed E-state index contributed by atoms with van der Waals surface area (Å²) in [6.07, 6.45) is 0. The van der Waals surface area contributed by atoms with Gasteiger partial charge in [0.15, 0.2) is 0 Å². The first-order chi connectivity index (χ1) is 5.56. The van der Waals surface area contributed by atoms with Gasteiger partial charge in [0.25, 0.3) is 0 Å². The molecule has 0 fully saturated rings. The molecule has 0 saturated heterocycles. The van der Waals surface area contributed by atoms with Gasteiger partial charge in [-0.05, 0) is 31.9 Å². The van der Waals surface area contributed by atoms with Gasteiger partial charge >= 0.3 is 0 Å². The number of ether oxygens (including phenoxy) is 1. The van der Waals surface area contributed by atoms with E-state index in [1.54, 1.807) is 7.11 Å². The second-order valence-electron chi connectivity index (χ2n) is 3.41. The molecule has 0 aromatic heterocycles. The summed E-state index contributed by atoms with van der Waals surface area (Å²) in [5.41, 5.74) is 2.01. The van der Waals surface area contributed by atoms with Gasteiger partial charge < -0.3 is 4.74 Å². The van der Waals surface area contributed by atoms with Crippen LogP contribution in [0.1, 0.15) is 25.0 Å². The molecule has 65 valence electrons. The van der Waals surface area contributed by atoms with Crippen molar-refractivity contribution in [2.45, 2.75) is 19.4 Å². The molecule has 1 aromatic carbocycles. The molecule has 0 heterocycles. The maximum absolute atomic E-state index is 5.34. The minimum atomic E-state index is -0.201. The van der Waals surface area contributed by atoms with E-state index >= 15 is 0 Å². The molecule has 1 radical (unpaired) electrons. The number of rotatable bonds is 2. The Labute approximate surface area is 74.4 Å². The normalized spacial score (nSPS) is 11.7. The van der Waals surface area contributed by atoms with Crippen LogP contribution in [-0.4, -0.2) is 7.11 Å². The second kappa shape index (κ2) is 3.28. The summed E-state index contributed by atoms with van der Waals surface area (Å²) in [4.78, 5) is 0. The standard InChI is InChI=1S/C11H15O/c1-9-5-7-10(8-6-9)11(2,3)12-4/h5-8H,1H2,2-4H3. The summed E-state index contributed by atoms with van der Waals surface area (Å²) in [6.45, 7) is 7.92. The van der Waals surface area contributed by atoms with Crippen molar-refractivity contribution in [1.82, 2.24) is 0 Å². The number of benzene rings is 1. The van der Waals surface area contributed by atoms with Crippen molar-refractivity contribution in [2.24, 2.45) is 0 Å². The molecule has 0 saturated carbocycles. The van der Waals surface area contributed by atoms with Crippen LogP contribution in [0.15, 0.2) is 24.3 Å². The van der Waals surface area contributed by atoms with E-state index < -0.39 is 0 Å². The third kappa shape index (κ3) is 1.86. The molecule has 12 heavy (non-hydrogen) atoms. The van der Waals surface area contributed by atoms with Gasteiger partial charge in [-0.25, -0.2) is 0 Å². The monoisotopic (exact) mass is 163 g/mol. The van der Waals surface area contributed by atoms with E-state index in [2.05, 4.69) is 6.92 Å². The molecule has 0 N–H and O–H groups in total. The van der Waals surface area contributed by atoms with Crippen molar-refractivity contribution in [3.8, 4) is 0 Å². The summed E-state index contributed by atoms with van der Waals surface area (Å²) < 4.78 is 5.34. The summed E-state index contributed by atoms with van der Waals surface area (Å²) in [5.74, 6) is 0. The molecule has 1 heteroatoms. The molecule has 1 rings (SSSR count). The van der Waals surface area contributed by atoms with Crippen molar-refractivity contribution in [2.75, 3.05) is 7.11 Å². The van der Waals surface area contributed by atoms with Gasteiger partial charge in [0.2, 0.25) is 0 Å². The van der Waals surface area contributed by atoms with Crippen LogP contribution in [0, 0.1) is 6.92 Å². The topological polar surface area (TPSA) is 9.23 Å². The lowest BCUT2D eigenvalue weighted by Gasteiger charge is -2.23. The van der Waals surface area contributed by atoms with Crippen molar-refractivity contribution >= 4 is 0 Å². The average Bonchev–Trinajstić information content (AvgIpc) is 2.05. The van der Waals surface area contributed by atoms with Crippen LogP contribution in [-0.2, 0) is 10.3 Å². The Hall–Kier alpha value is -0.820. The summed E-state index contributed by atoms with van der Waals surface area (Å²) in [5, 5.41) is 0. The molecule has 1 nitrogen and oxygen atoms in total. The molecule has 0 atom stereocenters. The maximum atomic E-state index is 5.34. The number of hydrogen-bond acceptors (Lipinski definition) is 1.